The molecule has 112 valence electrons. The summed E-state index contributed by atoms with van der Waals surface area (Å²) in [5.41, 5.74) is 9.98. The van der Waals surface area contributed by atoms with Crippen LogP contribution in [0.3, 0.4) is 0 Å². The maximum Gasteiger partial charge on any atom is 0.142 e. The molecule has 0 spiro atoms. The van der Waals surface area contributed by atoms with Gasteiger partial charge in [-0.25, -0.2) is 0 Å². The highest BCUT2D eigenvalue weighted by molar-refractivity contribution is 6.30. The maximum atomic E-state index is 5.84. The fourth-order valence-electron chi connectivity index (χ4n) is 2.04. The smallest absolute Gasteiger partial charge is 0.142 e. The van der Waals surface area contributed by atoms with Gasteiger partial charge in [0.1, 0.15) is 24.7 Å². The van der Waals surface area contributed by atoms with Gasteiger partial charge in [-0.1, -0.05) is 17.7 Å². The van der Waals surface area contributed by atoms with Crippen LogP contribution in [0.15, 0.2) is 30.3 Å². The van der Waals surface area contributed by atoms with E-state index in [1.54, 1.807) is 18.2 Å². The van der Waals surface area contributed by atoms with E-state index in [1.165, 1.54) is 11.1 Å². The molecule has 2 N–H and O–H groups in total. The second kappa shape index (κ2) is 6.72. The van der Waals surface area contributed by atoms with Gasteiger partial charge < -0.3 is 15.2 Å². The third kappa shape index (κ3) is 4.05. The summed E-state index contributed by atoms with van der Waals surface area (Å²) < 4.78 is 11.4. The highest BCUT2D eigenvalue weighted by Crippen LogP contribution is 2.25. The van der Waals surface area contributed by atoms with Crippen molar-refractivity contribution in [3.63, 3.8) is 0 Å². The molecule has 3 nitrogen and oxygen atoms in total. The van der Waals surface area contributed by atoms with Crippen LogP contribution < -0.4 is 15.2 Å². The average Bonchev–Trinajstić information content (AvgIpc) is 2.42. The van der Waals surface area contributed by atoms with Gasteiger partial charge >= 0.3 is 0 Å². The van der Waals surface area contributed by atoms with E-state index in [9.17, 15) is 0 Å². The maximum absolute atomic E-state index is 5.84. The van der Waals surface area contributed by atoms with Gasteiger partial charge in [-0.3, -0.25) is 0 Å². The van der Waals surface area contributed by atoms with Crippen molar-refractivity contribution in [1.82, 2.24) is 0 Å². The molecule has 0 aliphatic heterocycles. The molecule has 0 heterocycles. The summed E-state index contributed by atoms with van der Waals surface area (Å²) in [5, 5.41) is 0.599. The summed E-state index contributed by atoms with van der Waals surface area (Å²) >= 11 is 5.84. The molecule has 2 rings (SSSR count). The lowest BCUT2D eigenvalue weighted by molar-refractivity contribution is 0.217. The van der Waals surface area contributed by atoms with E-state index in [4.69, 9.17) is 26.8 Å². The van der Waals surface area contributed by atoms with Crippen molar-refractivity contribution >= 4 is 17.3 Å². The van der Waals surface area contributed by atoms with Crippen molar-refractivity contribution in [3.8, 4) is 11.5 Å². The molecule has 0 atom stereocenters. The first-order valence-corrected chi connectivity index (χ1v) is 7.23. The van der Waals surface area contributed by atoms with Crippen LogP contribution >= 0.6 is 11.6 Å². The van der Waals surface area contributed by atoms with Gasteiger partial charge in [0.25, 0.3) is 0 Å². The number of hydrogen-bond donors (Lipinski definition) is 1. The Labute approximate surface area is 130 Å². The molecule has 0 aliphatic carbocycles. The van der Waals surface area contributed by atoms with E-state index in [2.05, 4.69) is 26.0 Å². The van der Waals surface area contributed by atoms with Crippen molar-refractivity contribution in [2.24, 2.45) is 0 Å². The van der Waals surface area contributed by atoms with Crippen LogP contribution in [0.1, 0.15) is 16.7 Å². The van der Waals surface area contributed by atoms with E-state index in [1.807, 2.05) is 6.92 Å². The molecule has 0 saturated carbocycles. The van der Waals surface area contributed by atoms with Crippen LogP contribution in [-0.4, -0.2) is 13.2 Å². The molecule has 0 aliphatic rings. The standard InChI is InChI=1S/C17H20ClNO2/c1-11-8-13(3)17(9-12(11)2)21-7-6-20-16-5-4-14(18)10-15(16)19/h4-5,8-10H,6-7,19H2,1-3H3. The predicted octanol–water partition coefficient (Wildman–Crippen LogP) is 4.31. The second-order valence-electron chi connectivity index (χ2n) is 5.08. The third-order valence-corrected chi connectivity index (χ3v) is 3.60. The Morgan fingerprint density at radius 2 is 1.48 bits per heavy atom. The van der Waals surface area contributed by atoms with Gasteiger partial charge in [0, 0.05) is 5.02 Å². The topological polar surface area (TPSA) is 44.5 Å². The number of aryl methyl sites for hydroxylation is 3. The van der Waals surface area contributed by atoms with Gasteiger partial charge in [-0.15, -0.1) is 0 Å². The second-order valence-corrected chi connectivity index (χ2v) is 5.52. The van der Waals surface area contributed by atoms with Gasteiger partial charge in [0.2, 0.25) is 0 Å². The number of nitrogen functional groups attached to an aromatic ring is 1. The number of benzene rings is 2. The molecule has 0 aromatic heterocycles. The zero-order valence-corrected chi connectivity index (χ0v) is 13.3. The Balaban J connectivity index is 1.89. The molecular formula is C17H20ClNO2. The zero-order valence-electron chi connectivity index (χ0n) is 12.6. The summed E-state index contributed by atoms with van der Waals surface area (Å²) in [7, 11) is 0. The van der Waals surface area contributed by atoms with Crippen LogP contribution in [0.5, 0.6) is 11.5 Å². The Bertz CT molecular complexity index is 641. The molecule has 0 fully saturated rings. The fraction of sp³-hybridized carbons (Fsp3) is 0.294. The number of ether oxygens (including phenoxy) is 2. The first-order valence-electron chi connectivity index (χ1n) is 6.86. The third-order valence-electron chi connectivity index (χ3n) is 3.36. The molecule has 0 saturated heterocycles. The van der Waals surface area contributed by atoms with Gasteiger partial charge in [0.15, 0.2) is 0 Å². The van der Waals surface area contributed by atoms with Gasteiger partial charge in [0.05, 0.1) is 5.69 Å². The van der Waals surface area contributed by atoms with E-state index >= 15 is 0 Å². The molecule has 2 aromatic rings. The lowest BCUT2D eigenvalue weighted by Crippen LogP contribution is -2.10. The Hall–Kier alpha value is -1.87. The summed E-state index contributed by atoms with van der Waals surface area (Å²) in [4.78, 5) is 0. The minimum absolute atomic E-state index is 0.429. The fourth-order valence-corrected chi connectivity index (χ4v) is 2.22. The average molecular weight is 306 g/mol. The molecule has 0 radical (unpaired) electrons. The van der Waals surface area contributed by atoms with Crippen LogP contribution in [-0.2, 0) is 0 Å². The summed E-state index contributed by atoms with van der Waals surface area (Å²) in [6.45, 7) is 7.11. The van der Waals surface area contributed by atoms with Crippen LogP contribution in [0.2, 0.25) is 5.02 Å². The Morgan fingerprint density at radius 1 is 0.857 bits per heavy atom. The molecule has 21 heavy (non-hydrogen) atoms. The number of hydrogen-bond acceptors (Lipinski definition) is 3. The van der Waals surface area contributed by atoms with Crippen molar-refractivity contribution in [2.75, 3.05) is 18.9 Å². The molecule has 0 unspecified atom stereocenters. The number of rotatable bonds is 5. The van der Waals surface area contributed by atoms with Gasteiger partial charge in [-0.2, -0.15) is 0 Å². The van der Waals surface area contributed by atoms with Crippen LogP contribution in [0.25, 0.3) is 0 Å². The molecule has 0 amide bonds. The highest BCUT2D eigenvalue weighted by Gasteiger charge is 2.04. The van der Waals surface area contributed by atoms with Crippen molar-refractivity contribution in [2.45, 2.75) is 20.8 Å². The van der Waals surface area contributed by atoms with E-state index in [0.29, 0.717) is 29.7 Å². The lowest BCUT2D eigenvalue weighted by atomic mass is 10.1. The summed E-state index contributed by atoms with van der Waals surface area (Å²) in [6.07, 6.45) is 0. The van der Waals surface area contributed by atoms with E-state index < -0.39 is 0 Å². The first kappa shape index (κ1) is 15.5. The summed E-state index contributed by atoms with van der Waals surface area (Å²) in [5.74, 6) is 1.52. The molecule has 0 bridgehead atoms. The molecular weight excluding hydrogens is 286 g/mol. The van der Waals surface area contributed by atoms with Crippen molar-refractivity contribution < 1.29 is 9.47 Å². The number of anilines is 1. The SMILES string of the molecule is Cc1cc(C)c(OCCOc2ccc(Cl)cc2N)cc1C. The number of nitrogens with two attached hydrogens (primary N) is 1. The largest absolute Gasteiger partial charge is 0.490 e. The lowest BCUT2D eigenvalue weighted by Gasteiger charge is -2.13. The molecule has 4 heteroatoms. The highest BCUT2D eigenvalue weighted by atomic mass is 35.5. The first-order chi connectivity index (χ1) is 9.97. The van der Waals surface area contributed by atoms with Gasteiger partial charge in [-0.05, 0) is 61.7 Å². The van der Waals surface area contributed by atoms with Crippen molar-refractivity contribution in [1.29, 1.82) is 0 Å². The van der Waals surface area contributed by atoms with Crippen LogP contribution in [0, 0.1) is 20.8 Å². The number of halogens is 1. The van der Waals surface area contributed by atoms with E-state index in [-0.39, 0.29) is 0 Å². The quantitative estimate of drug-likeness (QED) is 0.661. The predicted molar refractivity (Wildman–Crippen MR) is 87.5 cm³/mol. The Morgan fingerprint density at radius 3 is 2.14 bits per heavy atom. The van der Waals surface area contributed by atoms with E-state index in [0.717, 1.165) is 11.3 Å². The van der Waals surface area contributed by atoms with Crippen molar-refractivity contribution in [3.05, 3.63) is 52.0 Å². The minimum atomic E-state index is 0.429. The monoisotopic (exact) mass is 305 g/mol. The van der Waals surface area contributed by atoms with Crippen LogP contribution in [0.4, 0.5) is 5.69 Å². The normalized spacial score (nSPS) is 10.5. The Kier molecular flexibility index (Phi) is 4.97. The minimum Gasteiger partial charge on any atom is -0.490 e. The summed E-state index contributed by atoms with van der Waals surface area (Å²) in [6, 6.07) is 9.37. The zero-order chi connectivity index (χ0) is 15.4. The molecule has 2 aromatic carbocycles.